The van der Waals surface area contributed by atoms with Crippen molar-refractivity contribution in [1.29, 1.82) is 0 Å². The van der Waals surface area contributed by atoms with Crippen molar-refractivity contribution >= 4 is 5.97 Å². The summed E-state index contributed by atoms with van der Waals surface area (Å²) in [4.78, 5) is 10.8. The second kappa shape index (κ2) is 5.78. The molecule has 0 fully saturated rings. The molecule has 0 unspecified atom stereocenters. The monoisotopic (exact) mass is 298 g/mol. The van der Waals surface area contributed by atoms with Crippen LogP contribution in [0.5, 0.6) is 11.5 Å². The summed E-state index contributed by atoms with van der Waals surface area (Å²) >= 11 is 0. The second-order valence-corrected chi connectivity index (χ2v) is 4.07. The second-order valence-electron chi connectivity index (χ2n) is 4.07. The third-order valence-corrected chi connectivity index (χ3v) is 2.88. The van der Waals surface area contributed by atoms with Crippen LogP contribution in [0, 0.1) is 0 Å². The first-order valence-corrected chi connectivity index (χ1v) is 5.81. The molecular formula is C13H12F2N2O4. The lowest BCUT2D eigenvalue weighted by Gasteiger charge is -2.13. The number of aromatic carboxylic acids is 1. The largest absolute Gasteiger partial charge is 0.493 e. The molecule has 2 N–H and O–H groups in total. The SMILES string of the molecule is COc1cc(-c2cc(C(=O)O)[nH]n2)c(C(F)F)cc1OC. The Kier molecular flexibility index (Phi) is 4.06. The number of halogens is 2. The van der Waals surface area contributed by atoms with E-state index < -0.39 is 12.4 Å². The number of nitrogens with one attached hydrogen (secondary N) is 1. The van der Waals surface area contributed by atoms with Crippen LogP contribution in [0.15, 0.2) is 18.2 Å². The molecule has 112 valence electrons. The number of rotatable bonds is 5. The molecule has 0 aliphatic heterocycles. The molecule has 2 rings (SSSR count). The van der Waals surface area contributed by atoms with Crippen molar-refractivity contribution in [3.63, 3.8) is 0 Å². The molecule has 6 nitrogen and oxygen atoms in total. The van der Waals surface area contributed by atoms with E-state index in [4.69, 9.17) is 14.6 Å². The van der Waals surface area contributed by atoms with Gasteiger partial charge >= 0.3 is 5.97 Å². The van der Waals surface area contributed by atoms with Crippen LogP contribution in [0.3, 0.4) is 0 Å². The highest BCUT2D eigenvalue weighted by molar-refractivity contribution is 5.87. The zero-order valence-corrected chi connectivity index (χ0v) is 11.2. The fraction of sp³-hybridized carbons (Fsp3) is 0.231. The Bertz CT molecular complexity index is 670. The summed E-state index contributed by atoms with van der Waals surface area (Å²) in [5.74, 6) is -0.824. The molecule has 1 heterocycles. The van der Waals surface area contributed by atoms with Gasteiger partial charge in [0.1, 0.15) is 5.69 Å². The van der Waals surface area contributed by atoms with Crippen molar-refractivity contribution < 1.29 is 28.2 Å². The molecule has 0 aliphatic carbocycles. The number of aromatic amines is 1. The molecule has 0 radical (unpaired) electrons. The van der Waals surface area contributed by atoms with E-state index in [2.05, 4.69) is 10.2 Å². The van der Waals surface area contributed by atoms with Gasteiger partial charge in [-0.15, -0.1) is 0 Å². The zero-order chi connectivity index (χ0) is 15.6. The van der Waals surface area contributed by atoms with E-state index in [1.807, 2.05) is 0 Å². The Labute approximate surface area is 118 Å². The lowest BCUT2D eigenvalue weighted by molar-refractivity contribution is 0.0690. The number of carboxylic acids is 1. The van der Waals surface area contributed by atoms with E-state index in [0.717, 1.165) is 6.07 Å². The molecule has 0 aliphatic rings. The highest BCUT2D eigenvalue weighted by Crippen LogP contribution is 2.39. The summed E-state index contributed by atoms with van der Waals surface area (Å²) in [5.41, 5.74) is -0.355. The van der Waals surface area contributed by atoms with Gasteiger partial charge in [0.15, 0.2) is 11.5 Å². The van der Waals surface area contributed by atoms with Gasteiger partial charge in [-0.05, 0) is 18.2 Å². The summed E-state index contributed by atoms with van der Waals surface area (Å²) in [5, 5.41) is 14.9. The third-order valence-electron chi connectivity index (χ3n) is 2.88. The maximum Gasteiger partial charge on any atom is 0.353 e. The minimum Gasteiger partial charge on any atom is -0.493 e. The Morgan fingerprint density at radius 2 is 1.86 bits per heavy atom. The molecule has 0 amide bonds. The van der Waals surface area contributed by atoms with E-state index in [9.17, 15) is 13.6 Å². The quantitative estimate of drug-likeness (QED) is 0.886. The number of benzene rings is 1. The van der Waals surface area contributed by atoms with Gasteiger partial charge in [0, 0.05) is 11.1 Å². The lowest BCUT2D eigenvalue weighted by atomic mass is 10.0. The minimum atomic E-state index is -2.77. The van der Waals surface area contributed by atoms with Crippen LogP contribution >= 0.6 is 0 Å². The number of methoxy groups -OCH3 is 2. The first kappa shape index (κ1) is 14.8. The summed E-state index contributed by atoms with van der Waals surface area (Å²) in [6.45, 7) is 0. The van der Waals surface area contributed by atoms with Crippen molar-refractivity contribution in [2.45, 2.75) is 6.43 Å². The normalized spacial score (nSPS) is 10.7. The molecule has 0 atom stereocenters. The fourth-order valence-corrected chi connectivity index (χ4v) is 1.87. The van der Waals surface area contributed by atoms with Crippen LogP contribution in [-0.2, 0) is 0 Å². The van der Waals surface area contributed by atoms with Gasteiger partial charge in [-0.1, -0.05) is 0 Å². The minimum absolute atomic E-state index is 0.0754. The van der Waals surface area contributed by atoms with Crippen molar-refractivity contribution in [1.82, 2.24) is 10.2 Å². The molecule has 0 bridgehead atoms. The predicted molar refractivity (Wildman–Crippen MR) is 69.0 cm³/mol. The first-order chi connectivity index (χ1) is 9.97. The molecular weight excluding hydrogens is 286 g/mol. The van der Waals surface area contributed by atoms with Crippen LogP contribution in [0.2, 0.25) is 0 Å². The number of hydrogen-bond donors (Lipinski definition) is 2. The maximum absolute atomic E-state index is 13.2. The van der Waals surface area contributed by atoms with E-state index >= 15 is 0 Å². The van der Waals surface area contributed by atoms with Gasteiger partial charge in [-0.2, -0.15) is 5.10 Å². The third kappa shape index (κ3) is 2.78. The molecule has 0 saturated heterocycles. The predicted octanol–water partition coefficient (Wildman–Crippen LogP) is 2.73. The number of carboxylic acid groups (broad SMARTS) is 1. The van der Waals surface area contributed by atoms with Crippen LogP contribution in [-0.4, -0.2) is 35.5 Å². The maximum atomic E-state index is 13.2. The van der Waals surface area contributed by atoms with Gasteiger partial charge in [0.2, 0.25) is 0 Å². The first-order valence-electron chi connectivity index (χ1n) is 5.81. The van der Waals surface area contributed by atoms with Gasteiger partial charge in [0.05, 0.1) is 19.9 Å². The van der Waals surface area contributed by atoms with Crippen molar-refractivity contribution in [2.75, 3.05) is 14.2 Å². The van der Waals surface area contributed by atoms with Gasteiger partial charge < -0.3 is 14.6 Å². The average molecular weight is 298 g/mol. The fourth-order valence-electron chi connectivity index (χ4n) is 1.87. The number of carbonyl (C=O) groups is 1. The van der Waals surface area contributed by atoms with Crippen molar-refractivity contribution in [3.05, 3.63) is 29.5 Å². The summed E-state index contributed by atoms with van der Waals surface area (Å²) in [6, 6.07) is 3.66. The number of H-pyrrole nitrogens is 1. The van der Waals surface area contributed by atoms with E-state index in [1.54, 1.807) is 0 Å². The Balaban J connectivity index is 2.61. The summed E-state index contributed by atoms with van der Waals surface area (Å²) in [7, 11) is 2.71. The van der Waals surface area contributed by atoms with Crippen molar-refractivity contribution in [2.24, 2.45) is 0 Å². The number of aromatic nitrogens is 2. The summed E-state index contributed by atoms with van der Waals surface area (Å²) in [6.07, 6.45) is -2.77. The smallest absolute Gasteiger partial charge is 0.353 e. The molecule has 1 aromatic heterocycles. The Morgan fingerprint density at radius 3 is 2.33 bits per heavy atom. The van der Waals surface area contributed by atoms with Crippen LogP contribution in [0.25, 0.3) is 11.3 Å². The van der Waals surface area contributed by atoms with Crippen LogP contribution in [0.1, 0.15) is 22.5 Å². The molecule has 1 aromatic carbocycles. The van der Waals surface area contributed by atoms with Gasteiger partial charge in [0.25, 0.3) is 6.43 Å². The molecule has 0 saturated carbocycles. The van der Waals surface area contributed by atoms with E-state index in [-0.39, 0.29) is 34.0 Å². The number of hydrogen-bond acceptors (Lipinski definition) is 4. The van der Waals surface area contributed by atoms with E-state index in [1.165, 1.54) is 26.4 Å². The van der Waals surface area contributed by atoms with Crippen LogP contribution < -0.4 is 9.47 Å². The van der Waals surface area contributed by atoms with Gasteiger partial charge in [-0.25, -0.2) is 13.6 Å². The number of alkyl halides is 2. The van der Waals surface area contributed by atoms with Gasteiger partial charge in [-0.3, -0.25) is 5.10 Å². The zero-order valence-electron chi connectivity index (χ0n) is 11.2. The molecule has 8 heteroatoms. The van der Waals surface area contributed by atoms with Crippen molar-refractivity contribution in [3.8, 4) is 22.8 Å². The number of nitrogens with zero attached hydrogens (tertiary/aromatic N) is 1. The number of ether oxygens (including phenoxy) is 2. The average Bonchev–Trinajstić information content (AvgIpc) is 2.95. The topological polar surface area (TPSA) is 84.4 Å². The van der Waals surface area contributed by atoms with Crippen LogP contribution in [0.4, 0.5) is 8.78 Å². The molecule has 21 heavy (non-hydrogen) atoms. The highest BCUT2D eigenvalue weighted by atomic mass is 19.3. The molecule has 2 aromatic rings. The lowest BCUT2D eigenvalue weighted by Crippen LogP contribution is -1.97. The Hall–Kier alpha value is -2.64. The standard InChI is InChI=1S/C13H12F2N2O4/c1-20-10-3-6(7(12(14)15)4-11(10)21-2)8-5-9(13(18)19)17-16-8/h3-5,12H,1-2H3,(H,16,17)(H,18,19). The molecule has 0 spiro atoms. The summed E-state index contributed by atoms with van der Waals surface area (Å²) < 4.78 is 36.4. The van der Waals surface area contributed by atoms with E-state index in [0.29, 0.717) is 0 Å². The Morgan fingerprint density at radius 1 is 1.24 bits per heavy atom. The highest BCUT2D eigenvalue weighted by Gasteiger charge is 2.21.